The van der Waals surface area contributed by atoms with Crippen LogP contribution in [0, 0.1) is 5.39 Å². The summed E-state index contributed by atoms with van der Waals surface area (Å²) in [4.78, 5) is 14.6. The predicted octanol–water partition coefficient (Wildman–Crippen LogP) is 1.37. The van der Waals surface area contributed by atoms with Gasteiger partial charge in [0.15, 0.2) is 10.9 Å². The molecule has 7 nitrogen and oxygen atoms in total. The van der Waals surface area contributed by atoms with Gasteiger partial charge in [0.2, 0.25) is 5.39 Å². The van der Waals surface area contributed by atoms with Crippen LogP contribution >= 0.6 is 0 Å². The van der Waals surface area contributed by atoms with Crippen LogP contribution in [0.3, 0.4) is 0 Å². The topological polar surface area (TPSA) is 99.9 Å². The molecule has 0 saturated carbocycles. The molecule has 0 spiro atoms. The molecule has 0 radical (unpaired) electrons. The summed E-state index contributed by atoms with van der Waals surface area (Å²) in [7, 11) is 2.78. The molecule has 2 rings (SSSR count). The van der Waals surface area contributed by atoms with E-state index in [9.17, 15) is 9.90 Å². The molecular formula is C11H8N2O5. The van der Waals surface area contributed by atoms with Gasteiger partial charge in [-0.05, 0) is 6.07 Å². The van der Waals surface area contributed by atoms with Crippen molar-refractivity contribution in [1.82, 2.24) is 0 Å². The summed E-state index contributed by atoms with van der Waals surface area (Å²) in [5.41, 5.74) is -1.44. The molecule has 0 bridgehead atoms. The van der Waals surface area contributed by atoms with Crippen molar-refractivity contribution in [2.24, 2.45) is 0 Å². The molecule has 1 aromatic heterocycles. The standard InChI is InChI=1S/C11H8N2O5/c1-16-5-3-6(17-2)8-7(4-5)18-11(15)9(13-12)10(8)14/h3-4H,1-2H3. The Morgan fingerprint density at radius 1 is 1.33 bits per heavy atom. The molecule has 7 heteroatoms. The lowest BCUT2D eigenvalue weighted by molar-refractivity contribution is -0.292. The fourth-order valence-electron chi connectivity index (χ4n) is 1.59. The van der Waals surface area contributed by atoms with Gasteiger partial charge in [-0.1, -0.05) is 0 Å². The number of nitrogens with zero attached hydrogens (tertiary/aromatic N) is 2. The highest BCUT2D eigenvalue weighted by Crippen LogP contribution is 2.33. The molecule has 0 aliphatic rings. The smallest absolute Gasteiger partial charge is 0.454 e. The van der Waals surface area contributed by atoms with Gasteiger partial charge in [-0.2, -0.15) is 0 Å². The molecule has 1 aromatic carbocycles. The van der Waals surface area contributed by atoms with Crippen LogP contribution < -0.4 is 20.0 Å². The normalized spacial score (nSPS) is 10.1. The van der Waals surface area contributed by atoms with Crippen molar-refractivity contribution in [3.63, 3.8) is 0 Å². The van der Waals surface area contributed by atoms with Crippen LogP contribution in [-0.4, -0.2) is 14.2 Å². The summed E-state index contributed by atoms with van der Waals surface area (Å²) in [5.74, 6) is -0.483. The fourth-order valence-corrected chi connectivity index (χ4v) is 1.59. The van der Waals surface area contributed by atoms with Gasteiger partial charge in [0, 0.05) is 11.6 Å². The molecule has 0 amide bonds. The SMILES string of the molecule is COc1cc(OC)c2c(=O)c([N+]#N)c([O-])oc2c1. The van der Waals surface area contributed by atoms with Crippen LogP contribution in [0.1, 0.15) is 0 Å². The lowest BCUT2D eigenvalue weighted by atomic mass is 10.2. The molecule has 0 fully saturated rings. The van der Waals surface area contributed by atoms with Gasteiger partial charge in [-0.15, -0.1) is 0 Å². The first-order chi connectivity index (χ1) is 8.62. The lowest BCUT2D eigenvalue weighted by Gasteiger charge is -2.10. The molecule has 1 heterocycles. The fraction of sp³-hybridized carbons (Fsp3) is 0.182. The lowest BCUT2D eigenvalue weighted by Crippen LogP contribution is -2.06. The van der Waals surface area contributed by atoms with E-state index in [1.807, 2.05) is 0 Å². The first-order valence-corrected chi connectivity index (χ1v) is 4.87. The molecule has 0 saturated heterocycles. The third kappa shape index (κ3) is 1.60. The minimum Gasteiger partial charge on any atom is -0.573 e. The summed E-state index contributed by atoms with van der Waals surface area (Å²) in [6, 6.07) is 2.84. The molecule has 0 atom stereocenters. The van der Waals surface area contributed by atoms with E-state index in [4.69, 9.17) is 19.3 Å². The molecule has 0 aliphatic heterocycles. The van der Waals surface area contributed by atoms with E-state index < -0.39 is 17.1 Å². The van der Waals surface area contributed by atoms with E-state index in [0.717, 1.165) is 0 Å². The number of hydrogen-bond donors (Lipinski definition) is 0. The Morgan fingerprint density at radius 3 is 2.61 bits per heavy atom. The summed E-state index contributed by atoms with van der Waals surface area (Å²) >= 11 is 0. The van der Waals surface area contributed by atoms with Crippen molar-refractivity contribution in [1.29, 1.82) is 5.39 Å². The van der Waals surface area contributed by atoms with Crippen molar-refractivity contribution in [2.45, 2.75) is 0 Å². The first kappa shape index (κ1) is 11.7. The van der Waals surface area contributed by atoms with Crippen molar-refractivity contribution in [3.05, 3.63) is 27.3 Å². The van der Waals surface area contributed by atoms with Crippen LogP contribution in [0.25, 0.3) is 15.9 Å². The number of diazo groups is 1. The largest absolute Gasteiger partial charge is 0.573 e. The van der Waals surface area contributed by atoms with Gasteiger partial charge in [-0.25, -0.2) is 0 Å². The van der Waals surface area contributed by atoms with Crippen LogP contribution in [0.5, 0.6) is 17.4 Å². The maximum Gasteiger partial charge on any atom is 0.454 e. The van der Waals surface area contributed by atoms with Crippen molar-refractivity contribution < 1.29 is 19.0 Å². The van der Waals surface area contributed by atoms with E-state index in [2.05, 4.69) is 4.98 Å². The van der Waals surface area contributed by atoms with E-state index in [1.165, 1.54) is 26.4 Å². The van der Waals surface area contributed by atoms with Gasteiger partial charge >= 0.3 is 5.69 Å². The van der Waals surface area contributed by atoms with E-state index in [1.54, 1.807) is 0 Å². The molecule has 0 aliphatic carbocycles. The van der Waals surface area contributed by atoms with E-state index in [-0.39, 0.29) is 16.7 Å². The van der Waals surface area contributed by atoms with E-state index in [0.29, 0.717) is 5.75 Å². The summed E-state index contributed by atoms with van der Waals surface area (Å²) in [5, 5.41) is 20.0. The van der Waals surface area contributed by atoms with Crippen LogP contribution in [0.4, 0.5) is 5.69 Å². The third-order valence-corrected chi connectivity index (χ3v) is 2.43. The highest BCUT2D eigenvalue weighted by molar-refractivity contribution is 5.88. The highest BCUT2D eigenvalue weighted by Gasteiger charge is 2.21. The van der Waals surface area contributed by atoms with Crippen LogP contribution in [0.2, 0.25) is 0 Å². The average Bonchev–Trinajstić information content (AvgIpc) is 2.37. The van der Waals surface area contributed by atoms with Crippen LogP contribution in [-0.2, 0) is 0 Å². The Kier molecular flexibility index (Phi) is 2.77. The Hall–Kier alpha value is -2.75. The number of hydrogen-bond acceptors (Lipinski definition) is 6. The molecule has 0 N–H and O–H groups in total. The highest BCUT2D eigenvalue weighted by atomic mass is 16.5. The Balaban J connectivity index is 2.98. The summed E-state index contributed by atoms with van der Waals surface area (Å²) < 4.78 is 14.9. The molecule has 0 unspecified atom stereocenters. The van der Waals surface area contributed by atoms with Gasteiger partial charge < -0.3 is 19.0 Å². The zero-order valence-electron chi connectivity index (χ0n) is 9.59. The van der Waals surface area contributed by atoms with Crippen molar-refractivity contribution in [2.75, 3.05) is 14.2 Å². The Morgan fingerprint density at radius 2 is 2.06 bits per heavy atom. The molecule has 18 heavy (non-hydrogen) atoms. The summed E-state index contributed by atoms with van der Waals surface area (Å²) in [6.07, 6.45) is 0. The zero-order chi connectivity index (χ0) is 13.3. The van der Waals surface area contributed by atoms with Gasteiger partial charge in [0.25, 0.3) is 5.43 Å². The number of benzene rings is 1. The maximum atomic E-state index is 11.9. The molecule has 92 valence electrons. The van der Waals surface area contributed by atoms with E-state index >= 15 is 0 Å². The molecule has 2 aromatic rings. The first-order valence-electron chi connectivity index (χ1n) is 4.87. The second-order valence-electron chi connectivity index (χ2n) is 3.37. The van der Waals surface area contributed by atoms with Gasteiger partial charge in [0.1, 0.15) is 11.5 Å². The van der Waals surface area contributed by atoms with Crippen molar-refractivity contribution >= 4 is 16.7 Å². The summed E-state index contributed by atoms with van der Waals surface area (Å²) in [6.45, 7) is 0. The van der Waals surface area contributed by atoms with Gasteiger partial charge in [0.05, 0.1) is 19.6 Å². The average molecular weight is 248 g/mol. The Bertz CT molecular complexity index is 714. The number of ether oxygens (including phenoxy) is 2. The second-order valence-corrected chi connectivity index (χ2v) is 3.37. The second kappa shape index (κ2) is 4.25. The molecular weight excluding hydrogens is 240 g/mol. The predicted molar refractivity (Wildman–Crippen MR) is 59.8 cm³/mol. The van der Waals surface area contributed by atoms with Crippen LogP contribution in [0.15, 0.2) is 21.3 Å². The Labute approximate surface area is 101 Å². The van der Waals surface area contributed by atoms with Crippen molar-refractivity contribution in [3.8, 4) is 17.4 Å². The number of rotatable bonds is 2. The third-order valence-electron chi connectivity index (χ3n) is 2.43. The van der Waals surface area contributed by atoms with Gasteiger partial charge in [-0.3, -0.25) is 4.79 Å². The monoisotopic (exact) mass is 248 g/mol. The maximum absolute atomic E-state index is 11.9. The quantitative estimate of drug-likeness (QED) is 0.744. The minimum atomic E-state index is -1.02. The zero-order valence-corrected chi connectivity index (χ0v) is 9.59. The number of fused-ring (bicyclic) bond motifs is 1. The number of methoxy groups -OCH3 is 2. The minimum absolute atomic E-state index is 0.00796.